The molecule has 0 amide bonds. The van der Waals surface area contributed by atoms with Gasteiger partial charge in [-0.15, -0.1) is 0 Å². The van der Waals surface area contributed by atoms with Crippen molar-refractivity contribution in [3.05, 3.63) is 47.3 Å². The summed E-state index contributed by atoms with van der Waals surface area (Å²) in [6.45, 7) is 2.19. The highest BCUT2D eigenvalue weighted by Gasteiger charge is 2.50. The molecule has 3 heterocycles. The second-order valence-electron chi connectivity index (χ2n) is 7.47. The second-order valence-corrected chi connectivity index (χ2v) is 7.47. The molecular formula is C21H20F3N5O4. The fourth-order valence-electron chi connectivity index (χ4n) is 3.91. The van der Waals surface area contributed by atoms with Crippen LogP contribution in [0.2, 0.25) is 0 Å². The molecule has 9 nitrogen and oxygen atoms in total. The molecule has 0 aliphatic carbocycles. The average Bonchev–Trinajstić information content (AvgIpc) is 3.36. The summed E-state index contributed by atoms with van der Waals surface area (Å²) in [5.74, 6) is -0.806. The van der Waals surface area contributed by atoms with Crippen LogP contribution in [0.5, 0.6) is 17.2 Å². The van der Waals surface area contributed by atoms with Crippen molar-refractivity contribution >= 4 is 23.3 Å². The number of aliphatic imine (C=N–C) groups is 1. The molecule has 0 radical (unpaired) electrons. The van der Waals surface area contributed by atoms with Gasteiger partial charge < -0.3 is 24.8 Å². The van der Waals surface area contributed by atoms with Crippen LogP contribution in [0.4, 0.5) is 30.2 Å². The van der Waals surface area contributed by atoms with Gasteiger partial charge in [0.05, 0.1) is 25.6 Å². The molecule has 1 saturated heterocycles. The molecule has 174 valence electrons. The number of halogens is 3. The Bertz CT molecular complexity index is 1180. The molecule has 33 heavy (non-hydrogen) atoms. The molecule has 1 atom stereocenters. The number of ether oxygens (including phenoxy) is 3. The number of hydrogen-bond donors (Lipinski definition) is 3. The van der Waals surface area contributed by atoms with Gasteiger partial charge in [-0.3, -0.25) is 4.90 Å². The third kappa shape index (κ3) is 3.33. The maximum Gasteiger partial charge on any atom is 0.420 e. The van der Waals surface area contributed by atoms with E-state index in [-0.39, 0.29) is 11.4 Å². The van der Waals surface area contributed by atoms with Crippen LogP contribution in [-0.4, -0.2) is 33.1 Å². The van der Waals surface area contributed by atoms with E-state index in [0.717, 1.165) is 24.4 Å². The van der Waals surface area contributed by atoms with Crippen molar-refractivity contribution in [2.75, 3.05) is 36.5 Å². The van der Waals surface area contributed by atoms with Crippen LogP contribution in [0.15, 0.2) is 46.7 Å². The van der Waals surface area contributed by atoms with Gasteiger partial charge in [0.2, 0.25) is 0 Å². The third-order valence-electron chi connectivity index (χ3n) is 5.43. The van der Waals surface area contributed by atoms with Gasteiger partial charge in [-0.2, -0.15) is 13.2 Å². The number of anilines is 3. The van der Waals surface area contributed by atoms with Gasteiger partial charge in [0.25, 0.3) is 0 Å². The number of methoxy groups -OCH3 is 2. The van der Waals surface area contributed by atoms with E-state index in [9.17, 15) is 13.2 Å². The minimum absolute atomic E-state index is 0.0624. The van der Waals surface area contributed by atoms with E-state index in [0.29, 0.717) is 24.0 Å². The number of fused-ring (bicyclic) bond motifs is 3. The lowest BCUT2D eigenvalue weighted by Crippen LogP contribution is -2.51. The minimum atomic E-state index is -4.68. The van der Waals surface area contributed by atoms with E-state index in [2.05, 4.69) is 21.1 Å². The standard InChI is InChI=1S/C21H20F3N5O4/c1-11-9-26-21(27-12-6-14(20(22,23)24)18(31-3)17(7-12)30-2)29(19(11)28-33-21)13-4-5-16-15(8-13)25-10-32-16/h4-9,25,27-28H,10H2,1-3H3. The van der Waals surface area contributed by atoms with Gasteiger partial charge in [-0.25, -0.2) is 15.3 Å². The highest BCUT2D eigenvalue weighted by Crippen LogP contribution is 2.46. The van der Waals surface area contributed by atoms with Crippen molar-refractivity contribution in [3.63, 3.8) is 0 Å². The SMILES string of the molecule is COc1cc(NC23N=CC(C)=C(NO2)N3c2ccc3c(c2)NCO3)cc(C(F)(F)F)c1OC. The van der Waals surface area contributed by atoms with E-state index >= 15 is 0 Å². The molecule has 0 spiro atoms. The first-order chi connectivity index (χ1) is 15.8. The van der Waals surface area contributed by atoms with Crippen molar-refractivity contribution in [1.29, 1.82) is 0 Å². The van der Waals surface area contributed by atoms with Crippen molar-refractivity contribution in [2.45, 2.75) is 19.1 Å². The lowest BCUT2D eigenvalue weighted by Gasteiger charge is -2.36. The van der Waals surface area contributed by atoms with Crippen LogP contribution in [0.25, 0.3) is 0 Å². The van der Waals surface area contributed by atoms with Crippen LogP contribution in [0, 0.1) is 0 Å². The van der Waals surface area contributed by atoms with Crippen LogP contribution >= 0.6 is 0 Å². The number of hydrogen-bond acceptors (Lipinski definition) is 9. The van der Waals surface area contributed by atoms with Gasteiger partial charge in [0.15, 0.2) is 18.2 Å². The summed E-state index contributed by atoms with van der Waals surface area (Å²) in [7, 11) is 2.42. The van der Waals surface area contributed by atoms with Crippen LogP contribution < -0.4 is 35.2 Å². The highest BCUT2D eigenvalue weighted by atomic mass is 19.4. The lowest BCUT2D eigenvalue weighted by molar-refractivity contribution is -0.138. The molecule has 0 saturated carbocycles. The molecular weight excluding hydrogens is 443 g/mol. The molecule has 3 aliphatic heterocycles. The van der Waals surface area contributed by atoms with Gasteiger partial charge in [0.1, 0.15) is 17.1 Å². The fourth-order valence-corrected chi connectivity index (χ4v) is 3.91. The highest BCUT2D eigenvalue weighted by molar-refractivity contribution is 5.85. The van der Waals surface area contributed by atoms with E-state index in [1.165, 1.54) is 13.2 Å². The van der Waals surface area contributed by atoms with Crippen molar-refractivity contribution < 1.29 is 32.2 Å². The van der Waals surface area contributed by atoms with Crippen molar-refractivity contribution in [1.82, 2.24) is 5.48 Å². The summed E-state index contributed by atoms with van der Waals surface area (Å²) >= 11 is 0. The zero-order chi connectivity index (χ0) is 23.4. The first-order valence-electron chi connectivity index (χ1n) is 9.88. The van der Waals surface area contributed by atoms with Gasteiger partial charge >= 0.3 is 12.1 Å². The molecule has 3 aliphatic rings. The largest absolute Gasteiger partial charge is 0.493 e. The normalized spacial score (nSPS) is 20.7. The number of benzene rings is 2. The monoisotopic (exact) mass is 463 g/mol. The van der Waals surface area contributed by atoms with Crippen molar-refractivity contribution in [2.24, 2.45) is 4.99 Å². The summed E-state index contributed by atoms with van der Waals surface area (Å²) in [5, 5.41) is 6.10. The second kappa shape index (κ2) is 7.37. The minimum Gasteiger partial charge on any atom is -0.493 e. The summed E-state index contributed by atoms with van der Waals surface area (Å²) < 4.78 is 56.8. The third-order valence-corrected chi connectivity index (χ3v) is 5.43. The number of hydroxylamine groups is 1. The Morgan fingerprint density at radius 2 is 2.00 bits per heavy atom. The Labute approximate surface area is 186 Å². The molecule has 2 aromatic carbocycles. The molecule has 3 N–H and O–H groups in total. The Balaban J connectivity index is 1.59. The summed E-state index contributed by atoms with van der Waals surface area (Å²) in [4.78, 5) is 12.0. The van der Waals surface area contributed by atoms with Crippen LogP contribution in [0.3, 0.4) is 0 Å². The van der Waals surface area contributed by atoms with E-state index in [1.54, 1.807) is 17.2 Å². The quantitative estimate of drug-likeness (QED) is 0.616. The fraction of sp³-hybridized carbons (Fsp3) is 0.286. The van der Waals surface area contributed by atoms with Gasteiger partial charge in [-0.1, -0.05) is 0 Å². The maximum absolute atomic E-state index is 13.7. The molecule has 12 heteroatoms. The van der Waals surface area contributed by atoms with E-state index in [4.69, 9.17) is 19.0 Å². The van der Waals surface area contributed by atoms with Gasteiger partial charge in [0, 0.05) is 23.5 Å². The summed E-state index contributed by atoms with van der Waals surface area (Å²) in [6, 6.07) is 7.77. The molecule has 2 aromatic rings. The molecule has 0 aromatic heterocycles. The molecule has 1 fully saturated rings. The Morgan fingerprint density at radius 3 is 2.73 bits per heavy atom. The predicted octanol–water partition coefficient (Wildman–Crippen LogP) is 3.86. The van der Waals surface area contributed by atoms with E-state index in [1.807, 2.05) is 19.1 Å². The summed E-state index contributed by atoms with van der Waals surface area (Å²) in [6.07, 6.45) is -3.09. The zero-order valence-electron chi connectivity index (χ0n) is 17.8. The molecule has 5 rings (SSSR count). The van der Waals surface area contributed by atoms with Gasteiger partial charge in [-0.05, 0) is 31.2 Å². The maximum atomic E-state index is 13.7. The zero-order valence-corrected chi connectivity index (χ0v) is 17.8. The summed E-state index contributed by atoms with van der Waals surface area (Å²) in [5.41, 5.74) is 4.13. The average molecular weight is 463 g/mol. The number of rotatable bonds is 5. The molecule has 2 bridgehead atoms. The van der Waals surface area contributed by atoms with Crippen LogP contribution in [0.1, 0.15) is 12.5 Å². The van der Waals surface area contributed by atoms with Crippen molar-refractivity contribution in [3.8, 4) is 17.2 Å². The van der Waals surface area contributed by atoms with Crippen LogP contribution in [-0.2, 0) is 11.0 Å². The Morgan fingerprint density at radius 1 is 1.18 bits per heavy atom. The first-order valence-corrected chi connectivity index (χ1v) is 9.88. The number of nitrogens with zero attached hydrogens (tertiary/aromatic N) is 2. The first kappa shape index (κ1) is 21.1. The van der Waals surface area contributed by atoms with E-state index < -0.39 is 23.5 Å². The topological polar surface area (TPSA) is 88.6 Å². The molecule has 1 unspecified atom stereocenters. The predicted molar refractivity (Wildman–Crippen MR) is 114 cm³/mol. The number of alkyl halides is 3. The Kier molecular flexibility index (Phi) is 4.71. The Hall–Kier alpha value is -3.80. The number of nitrogens with one attached hydrogen (secondary N) is 3. The lowest BCUT2D eigenvalue weighted by atomic mass is 10.1. The number of allylic oxidation sites excluding steroid dienone is 1. The smallest absolute Gasteiger partial charge is 0.420 e.